The molecule has 6 heteroatoms. The molecule has 1 aliphatic rings. The molecule has 2 amide bonds. The molecule has 0 fully saturated rings. The molecule has 6 nitrogen and oxygen atoms in total. The number of amides is 2. The zero-order chi connectivity index (χ0) is 19.6. The average molecular weight is 366 g/mol. The van der Waals surface area contributed by atoms with E-state index in [0.29, 0.717) is 24.5 Å². The highest BCUT2D eigenvalue weighted by Gasteiger charge is 2.38. The van der Waals surface area contributed by atoms with Crippen molar-refractivity contribution in [2.75, 3.05) is 18.1 Å². The molecule has 2 aromatic carbocycles. The van der Waals surface area contributed by atoms with Gasteiger partial charge in [-0.1, -0.05) is 18.2 Å². The number of fused-ring (bicyclic) bond motifs is 1. The number of anilines is 1. The number of carbonyl (C=O) groups excluding carboxylic acids is 3. The van der Waals surface area contributed by atoms with Gasteiger partial charge in [-0.05, 0) is 43.7 Å². The second kappa shape index (κ2) is 7.61. The Morgan fingerprint density at radius 2 is 1.81 bits per heavy atom. The molecule has 1 N–H and O–H groups in total. The zero-order valence-corrected chi connectivity index (χ0v) is 15.6. The van der Waals surface area contributed by atoms with Crippen LogP contribution in [0.5, 0.6) is 5.75 Å². The van der Waals surface area contributed by atoms with E-state index in [1.807, 2.05) is 25.1 Å². The van der Waals surface area contributed by atoms with E-state index in [-0.39, 0.29) is 17.6 Å². The average Bonchev–Trinajstić information content (AvgIpc) is 2.88. The van der Waals surface area contributed by atoms with Crippen molar-refractivity contribution in [1.82, 2.24) is 5.32 Å². The van der Waals surface area contributed by atoms with Gasteiger partial charge >= 0.3 is 0 Å². The van der Waals surface area contributed by atoms with Crippen molar-refractivity contribution in [3.63, 3.8) is 0 Å². The number of carbonyl (C=O) groups is 3. The van der Waals surface area contributed by atoms with Crippen molar-refractivity contribution in [3.05, 3.63) is 59.2 Å². The summed E-state index contributed by atoms with van der Waals surface area (Å²) in [4.78, 5) is 37.3. The van der Waals surface area contributed by atoms with Gasteiger partial charge in [0.2, 0.25) is 5.91 Å². The van der Waals surface area contributed by atoms with Gasteiger partial charge in [-0.2, -0.15) is 0 Å². The summed E-state index contributed by atoms with van der Waals surface area (Å²) in [6, 6.07) is 11.9. The van der Waals surface area contributed by atoms with E-state index in [1.54, 1.807) is 29.2 Å². The highest BCUT2D eigenvalue weighted by molar-refractivity contribution is 6.06. The Hall–Kier alpha value is -3.15. The summed E-state index contributed by atoms with van der Waals surface area (Å²) in [6.45, 7) is 5.52. The lowest BCUT2D eigenvalue weighted by Crippen LogP contribution is -2.38. The first kappa shape index (κ1) is 18.6. The molecule has 0 aliphatic carbocycles. The Kier molecular flexibility index (Phi) is 5.26. The van der Waals surface area contributed by atoms with Gasteiger partial charge in [-0.15, -0.1) is 0 Å². The normalized spacial score (nSPS) is 15.4. The van der Waals surface area contributed by atoms with Crippen molar-refractivity contribution in [2.45, 2.75) is 26.8 Å². The molecule has 3 rings (SSSR count). The smallest absolute Gasteiger partial charge is 0.254 e. The molecule has 27 heavy (non-hydrogen) atoms. The SMILES string of the molecule is CC(=O)NC1C(=O)N(CCOc2ccc(C(C)=O)cc2)c2c(C)cccc21. The molecule has 1 atom stereocenters. The van der Waals surface area contributed by atoms with Gasteiger partial charge in [0, 0.05) is 18.1 Å². The van der Waals surface area contributed by atoms with E-state index < -0.39 is 6.04 Å². The number of rotatable bonds is 6. The molecule has 140 valence electrons. The number of para-hydroxylation sites is 1. The Morgan fingerprint density at radius 3 is 2.44 bits per heavy atom. The molecule has 0 saturated heterocycles. The van der Waals surface area contributed by atoms with Crippen LogP contribution in [0.15, 0.2) is 42.5 Å². The van der Waals surface area contributed by atoms with Crippen molar-refractivity contribution in [2.24, 2.45) is 0 Å². The summed E-state index contributed by atoms with van der Waals surface area (Å²) in [6.07, 6.45) is 0. The predicted octanol–water partition coefficient (Wildman–Crippen LogP) is 2.80. The van der Waals surface area contributed by atoms with E-state index >= 15 is 0 Å². The van der Waals surface area contributed by atoms with Gasteiger partial charge in [-0.3, -0.25) is 14.4 Å². The topological polar surface area (TPSA) is 75.7 Å². The van der Waals surface area contributed by atoms with Crippen LogP contribution >= 0.6 is 0 Å². The number of ketones is 1. The number of nitrogens with zero attached hydrogens (tertiary/aromatic N) is 1. The second-order valence-electron chi connectivity index (χ2n) is 6.57. The molecule has 0 aromatic heterocycles. The van der Waals surface area contributed by atoms with Gasteiger partial charge in [0.15, 0.2) is 5.78 Å². The first-order valence-corrected chi connectivity index (χ1v) is 8.80. The standard InChI is InChI=1S/C21H22N2O4/c1-13-5-4-6-18-19(22-15(3)25)21(26)23(20(13)18)11-12-27-17-9-7-16(8-10-17)14(2)24/h4-10,19H,11-12H2,1-3H3,(H,22,25). The Bertz CT molecular complexity index is 890. The number of aryl methyl sites for hydroxylation is 1. The van der Waals surface area contributed by atoms with Gasteiger partial charge in [0.25, 0.3) is 5.91 Å². The quantitative estimate of drug-likeness (QED) is 0.798. The molecule has 0 bridgehead atoms. The summed E-state index contributed by atoms with van der Waals surface area (Å²) in [7, 11) is 0. The minimum atomic E-state index is -0.660. The van der Waals surface area contributed by atoms with Crippen LogP contribution in [0.25, 0.3) is 0 Å². The predicted molar refractivity (Wildman–Crippen MR) is 102 cm³/mol. The summed E-state index contributed by atoms with van der Waals surface area (Å²) in [5.74, 6) is 0.227. The largest absolute Gasteiger partial charge is 0.492 e. The van der Waals surface area contributed by atoms with Gasteiger partial charge in [0.1, 0.15) is 18.4 Å². The van der Waals surface area contributed by atoms with Gasteiger partial charge in [0.05, 0.1) is 12.2 Å². The number of hydrogen-bond acceptors (Lipinski definition) is 4. The van der Waals surface area contributed by atoms with Gasteiger partial charge in [-0.25, -0.2) is 0 Å². The number of Topliss-reactive ketones (excluding diaryl/α,β-unsaturated/α-hetero) is 1. The van der Waals surface area contributed by atoms with Crippen LogP contribution in [-0.4, -0.2) is 30.7 Å². The highest BCUT2D eigenvalue weighted by atomic mass is 16.5. The summed E-state index contributed by atoms with van der Waals surface area (Å²) < 4.78 is 5.73. The maximum Gasteiger partial charge on any atom is 0.254 e. The minimum Gasteiger partial charge on any atom is -0.492 e. The molecule has 0 spiro atoms. The highest BCUT2D eigenvalue weighted by Crippen LogP contribution is 2.38. The fourth-order valence-corrected chi connectivity index (χ4v) is 3.29. The van der Waals surface area contributed by atoms with E-state index in [2.05, 4.69) is 5.32 Å². The van der Waals surface area contributed by atoms with Crippen LogP contribution in [0, 0.1) is 6.92 Å². The van der Waals surface area contributed by atoms with Crippen LogP contribution in [0.2, 0.25) is 0 Å². The van der Waals surface area contributed by atoms with Gasteiger partial charge < -0.3 is 15.0 Å². The third-order valence-electron chi connectivity index (χ3n) is 4.55. The second-order valence-corrected chi connectivity index (χ2v) is 6.57. The molecule has 0 radical (unpaired) electrons. The summed E-state index contributed by atoms with van der Waals surface area (Å²) in [5.41, 5.74) is 3.23. The maximum absolute atomic E-state index is 12.8. The van der Waals surface area contributed by atoms with Crippen LogP contribution in [0.4, 0.5) is 5.69 Å². The Labute approximate surface area is 158 Å². The number of ether oxygens (including phenoxy) is 1. The van der Waals surface area contributed by atoms with Crippen LogP contribution in [0.1, 0.15) is 41.4 Å². The van der Waals surface area contributed by atoms with Crippen LogP contribution in [0.3, 0.4) is 0 Å². The molecule has 0 saturated carbocycles. The fourth-order valence-electron chi connectivity index (χ4n) is 3.29. The van der Waals surface area contributed by atoms with E-state index in [4.69, 9.17) is 4.74 Å². The van der Waals surface area contributed by atoms with Crippen LogP contribution < -0.4 is 15.0 Å². The number of nitrogens with one attached hydrogen (secondary N) is 1. The zero-order valence-electron chi connectivity index (χ0n) is 15.6. The monoisotopic (exact) mass is 366 g/mol. The lowest BCUT2D eigenvalue weighted by Gasteiger charge is -2.20. The molecule has 1 aliphatic heterocycles. The summed E-state index contributed by atoms with van der Waals surface area (Å²) >= 11 is 0. The third-order valence-corrected chi connectivity index (χ3v) is 4.55. The maximum atomic E-state index is 12.8. The van der Waals surface area contributed by atoms with Crippen molar-refractivity contribution < 1.29 is 19.1 Å². The Balaban J connectivity index is 1.72. The van der Waals surface area contributed by atoms with E-state index in [9.17, 15) is 14.4 Å². The molecule has 2 aromatic rings. The third kappa shape index (κ3) is 3.84. The molecule has 1 unspecified atom stereocenters. The number of hydrogen-bond donors (Lipinski definition) is 1. The molecular weight excluding hydrogens is 344 g/mol. The Morgan fingerprint density at radius 1 is 1.11 bits per heavy atom. The van der Waals surface area contributed by atoms with Crippen molar-refractivity contribution in [3.8, 4) is 5.75 Å². The molecule has 1 heterocycles. The lowest BCUT2D eigenvalue weighted by atomic mass is 10.1. The summed E-state index contributed by atoms with van der Waals surface area (Å²) in [5, 5.41) is 2.73. The first-order valence-electron chi connectivity index (χ1n) is 8.80. The van der Waals surface area contributed by atoms with E-state index in [0.717, 1.165) is 16.8 Å². The van der Waals surface area contributed by atoms with E-state index in [1.165, 1.54) is 13.8 Å². The minimum absolute atomic E-state index is 0.000286. The molecular formula is C21H22N2O4. The van der Waals surface area contributed by atoms with Crippen molar-refractivity contribution >= 4 is 23.3 Å². The first-order chi connectivity index (χ1) is 12.9. The fraction of sp³-hybridized carbons (Fsp3) is 0.286. The lowest BCUT2D eigenvalue weighted by molar-refractivity contribution is -0.126. The number of benzene rings is 2. The van der Waals surface area contributed by atoms with Crippen LogP contribution in [-0.2, 0) is 9.59 Å². The van der Waals surface area contributed by atoms with Crippen molar-refractivity contribution in [1.29, 1.82) is 0 Å².